The van der Waals surface area contributed by atoms with E-state index in [0.29, 0.717) is 25.0 Å². The third kappa shape index (κ3) is 3.09. The number of likely N-dealkylation sites (tertiary alicyclic amines) is 1. The van der Waals surface area contributed by atoms with Crippen LogP contribution in [0.2, 0.25) is 0 Å². The minimum atomic E-state index is -4.17. The number of carbonyl (C=O) groups is 1. The summed E-state index contributed by atoms with van der Waals surface area (Å²) in [7, 11) is 0. The highest BCUT2D eigenvalue weighted by Gasteiger charge is 2.34. The molecule has 3 rings (SSSR count). The van der Waals surface area contributed by atoms with E-state index in [4.69, 9.17) is 5.11 Å². The van der Waals surface area contributed by atoms with Gasteiger partial charge in [0.2, 0.25) is 0 Å². The number of halogens is 3. The van der Waals surface area contributed by atoms with E-state index in [-0.39, 0.29) is 11.6 Å². The fourth-order valence-corrected chi connectivity index (χ4v) is 3.02. The minimum absolute atomic E-state index is 0.0509. The molecule has 1 aromatic carbocycles. The van der Waals surface area contributed by atoms with Crippen molar-refractivity contribution in [2.75, 3.05) is 19.6 Å². The van der Waals surface area contributed by atoms with Crippen molar-refractivity contribution in [3.8, 4) is 0 Å². The standard InChI is InChI=1S/C15H15F3N2O2/c16-15(17,18)8-20-4-3-10(7-20)9-1-2-12-11(5-9)6-13(19-12)14(21)22/h1-2,5-6,10,19H,3-4,7-8H2,(H,21,22). The average Bonchev–Trinajstić information content (AvgIpc) is 3.01. The van der Waals surface area contributed by atoms with Crippen molar-refractivity contribution in [3.05, 3.63) is 35.5 Å². The van der Waals surface area contributed by atoms with E-state index < -0.39 is 18.7 Å². The van der Waals surface area contributed by atoms with Crippen LogP contribution in [0.1, 0.15) is 28.4 Å². The zero-order valence-electron chi connectivity index (χ0n) is 11.7. The second-order valence-electron chi connectivity index (χ2n) is 5.67. The topological polar surface area (TPSA) is 56.3 Å². The molecule has 2 aromatic rings. The number of benzene rings is 1. The number of hydrogen-bond acceptors (Lipinski definition) is 2. The van der Waals surface area contributed by atoms with Gasteiger partial charge in [0, 0.05) is 17.4 Å². The van der Waals surface area contributed by atoms with E-state index in [0.717, 1.165) is 10.9 Å². The summed E-state index contributed by atoms with van der Waals surface area (Å²) in [5.74, 6) is -0.982. The maximum atomic E-state index is 12.4. The van der Waals surface area contributed by atoms with Gasteiger partial charge >= 0.3 is 12.1 Å². The third-order valence-corrected chi connectivity index (χ3v) is 4.02. The Morgan fingerprint density at radius 2 is 2.14 bits per heavy atom. The van der Waals surface area contributed by atoms with Gasteiger partial charge in [0.1, 0.15) is 5.69 Å². The predicted octanol–water partition coefficient (Wildman–Crippen LogP) is 3.22. The molecule has 4 nitrogen and oxygen atoms in total. The molecule has 1 saturated heterocycles. The lowest BCUT2D eigenvalue weighted by molar-refractivity contribution is -0.143. The van der Waals surface area contributed by atoms with Crippen molar-refractivity contribution < 1.29 is 23.1 Å². The zero-order valence-corrected chi connectivity index (χ0v) is 11.7. The van der Waals surface area contributed by atoms with E-state index in [2.05, 4.69) is 4.98 Å². The second kappa shape index (κ2) is 5.31. The monoisotopic (exact) mass is 312 g/mol. The number of nitrogens with one attached hydrogen (secondary N) is 1. The summed E-state index contributed by atoms with van der Waals surface area (Å²) in [6, 6.07) is 7.04. The Bertz CT molecular complexity index is 708. The molecule has 1 aliphatic rings. The van der Waals surface area contributed by atoms with Crippen LogP contribution in [0, 0.1) is 0 Å². The Labute approximate surface area is 124 Å². The lowest BCUT2D eigenvalue weighted by Gasteiger charge is -2.18. The normalized spacial score (nSPS) is 19.9. The molecule has 7 heteroatoms. The van der Waals surface area contributed by atoms with Gasteiger partial charge in [-0.2, -0.15) is 13.2 Å². The molecular weight excluding hydrogens is 297 g/mol. The number of H-pyrrole nitrogens is 1. The quantitative estimate of drug-likeness (QED) is 0.915. The number of rotatable bonds is 3. The number of aromatic nitrogens is 1. The summed E-state index contributed by atoms with van der Waals surface area (Å²) in [6.45, 7) is -0.0734. The number of nitrogens with zero attached hydrogens (tertiary/aromatic N) is 1. The maximum absolute atomic E-state index is 12.4. The number of carboxylic acid groups (broad SMARTS) is 1. The van der Waals surface area contributed by atoms with Crippen molar-refractivity contribution in [1.29, 1.82) is 0 Å². The molecule has 0 aliphatic carbocycles. The highest BCUT2D eigenvalue weighted by atomic mass is 19.4. The molecular formula is C15H15F3N2O2. The number of fused-ring (bicyclic) bond motifs is 1. The van der Waals surface area contributed by atoms with E-state index in [1.807, 2.05) is 12.1 Å². The van der Waals surface area contributed by atoms with E-state index in [9.17, 15) is 18.0 Å². The van der Waals surface area contributed by atoms with E-state index in [1.165, 1.54) is 4.90 Å². The van der Waals surface area contributed by atoms with Crippen molar-refractivity contribution in [1.82, 2.24) is 9.88 Å². The molecule has 22 heavy (non-hydrogen) atoms. The highest BCUT2D eigenvalue weighted by Crippen LogP contribution is 2.31. The van der Waals surface area contributed by atoms with Crippen LogP contribution in [-0.4, -0.2) is 46.8 Å². The summed E-state index contributed by atoms with van der Waals surface area (Å²) in [5, 5.41) is 9.73. The Balaban J connectivity index is 1.78. The fraction of sp³-hybridized carbons (Fsp3) is 0.400. The molecule has 0 amide bonds. The van der Waals surface area contributed by atoms with Crippen LogP contribution in [0.5, 0.6) is 0 Å². The predicted molar refractivity (Wildman–Crippen MR) is 75.1 cm³/mol. The molecule has 0 spiro atoms. The lowest BCUT2D eigenvalue weighted by atomic mass is 9.97. The average molecular weight is 312 g/mol. The van der Waals surface area contributed by atoms with Crippen LogP contribution in [-0.2, 0) is 0 Å². The Morgan fingerprint density at radius 3 is 2.82 bits per heavy atom. The SMILES string of the molecule is O=C(O)c1cc2cc(C3CCN(CC(F)(F)F)C3)ccc2[nH]1. The van der Waals surface area contributed by atoms with Gasteiger partial charge in [-0.15, -0.1) is 0 Å². The molecule has 1 unspecified atom stereocenters. The van der Waals surface area contributed by atoms with Crippen LogP contribution in [0.3, 0.4) is 0 Å². The fourth-order valence-electron chi connectivity index (χ4n) is 3.02. The molecule has 1 fully saturated rings. The largest absolute Gasteiger partial charge is 0.477 e. The Kier molecular flexibility index (Phi) is 3.60. The third-order valence-electron chi connectivity index (χ3n) is 4.02. The molecule has 2 heterocycles. The number of carboxylic acids is 1. The second-order valence-corrected chi connectivity index (χ2v) is 5.67. The van der Waals surface area contributed by atoms with Gasteiger partial charge < -0.3 is 10.1 Å². The molecule has 1 atom stereocenters. The first-order valence-electron chi connectivity index (χ1n) is 6.97. The minimum Gasteiger partial charge on any atom is -0.477 e. The molecule has 118 valence electrons. The maximum Gasteiger partial charge on any atom is 0.401 e. The summed E-state index contributed by atoms with van der Waals surface area (Å²) in [5.41, 5.74) is 1.77. The first kappa shape index (κ1) is 14.9. The number of hydrogen-bond donors (Lipinski definition) is 2. The van der Waals surface area contributed by atoms with Crippen molar-refractivity contribution in [2.45, 2.75) is 18.5 Å². The van der Waals surface area contributed by atoms with Gasteiger partial charge in [0.25, 0.3) is 0 Å². The molecule has 0 saturated carbocycles. The Morgan fingerprint density at radius 1 is 1.36 bits per heavy atom. The number of aromatic amines is 1. The van der Waals surface area contributed by atoms with Crippen molar-refractivity contribution in [2.24, 2.45) is 0 Å². The smallest absolute Gasteiger partial charge is 0.401 e. The summed E-state index contributed by atoms with van der Waals surface area (Å²) < 4.78 is 37.3. The van der Waals surface area contributed by atoms with E-state index in [1.54, 1.807) is 12.1 Å². The molecule has 2 N–H and O–H groups in total. The van der Waals surface area contributed by atoms with E-state index >= 15 is 0 Å². The van der Waals surface area contributed by atoms with Gasteiger partial charge in [-0.3, -0.25) is 4.90 Å². The summed E-state index contributed by atoms with van der Waals surface area (Å²) in [4.78, 5) is 15.1. The molecule has 0 bridgehead atoms. The first-order valence-corrected chi connectivity index (χ1v) is 6.97. The van der Waals surface area contributed by atoms with Crippen LogP contribution in [0.4, 0.5) is 13.2 Å². The van der Waals surface area contributed by atoms with Crippen LogP contribution < -0.4 is 0 Å². The lowest BCUT2D eigenvalue weighted by Crippen LogP contribution is -2.32. The van der Waals surface area contributed by atoms with Crippen molar-refractivity contribution in [3.63, 3.8) is 0 Å². The first-order chi connectivity index (χ1) is 10.3. The molecule has 1 aliphatic heterocycles. The molecule has 1 aromatic heterocycles. The van der Waals surface area contributed by atoms with Gasteiger partial charge in [-0.25, -0.2) is 4.79 Å². The van der Waals surface area contributed by atoms with Crippen molar-refractivity contribution >= 4 is 16.9 Å². The van der Waals surface area contributed by atoms with Gasteiger partial charge in [-0.1, -0.05) is 6.07 Å². The summed E-state index contributed by atoms with van der Waals surface area (Å²) in [6.07, 6.45) is -3.49. The van der Waals surface area contributed by atoms with Gasteiger partial charge in [0.15, 0.2) is 0 Å². The zero-order chi connectivity index (χ0) is 15.9. The number of alkyl halides is 3. The van der Waals surface area contributed by atoms with Crippen LogP contribution in [0.25, 0.3) is 10.9 Å². The summed E-state index contributed by atoms with van der Waals surface area (Å²) >= 11 is 0. The van der Waals surface area contributed by atoms with Crippen LogP contribution in [0.15, 0.2) is 24.3 Å². The van der Waals surface area contributed by atoms with Gasteiger partial charge in [-0.05, 0) is 42.6 Å². The molecule has 0 radical (unpaired) electrons. The highest BCUT2D eigenvalue weighted by molar-refractivity contribution is 5.93. The number of aromatic carboxylic acids is 1. The van der Waals surface area contributed by atoms with Gasteiger partial charge in [0.05, 0.1) is 6.54 Å². The van der Waals surface area contributed by atoms with Crippen LogP contribution >= 0.6 is 0 Å². The Hall–Kier alpha value is -2.02.